The van der Waals surface area contributed by atoms with Gasteiger partial charge in [0.1, 0.15) is 0 Å². The van der Waals surface area contributed by atoms with Crippen LogP contribution in [0.1, 0.15) is 18.9 Å². The minimum Gasteiger partial charge on any atom is -0.391 e. The average molecular weight is 260 g/mol. The molecular formula is C16H24N2O. The van der Waals surface area contributed by atoms with E-state index in [0.717, 1.165) is 32.6 Å². The Kier molecular flexibility index (Phi) is 5.58. The third-order valence-corrected chi connectivity index (χ3v) is 3.61. The van der Waals surface area contributed by atoms with Crippen LogP contribution in [0.5, 0.6) is 0 Å². The lowest BCUT2D eigenvalue weighted by Crippen LogP contribution is -2.44. The summed E-state index contributed by atoms with van der Waals surface area (Å²) < 4.78 is 0. The van der Waals surface area contributed by atoms with Crippen LogP contribution >= 0.6 is 0 Å². The van der Waals surface area contributed by atoms with Crippen LogP contribution in [-0.2, 0) is 0 Å². The number of aliphatic hydroxyl groups excluding tert-OH is 1. The molecule has 2 atom stereocenters. The van der Waals surface area contributed by atoms with Crippen molar-refractivity contribution in [3.63, 3.8) is 0 Å². The molecule has 1 saturated heterocycles. The summed E-state index contributed by atoms with van der Waals surface area (Å²) in [6.45, 7) is 5.65. The number of nitrogens with one attached hydrogen (secondary N) is 2. The molecule has 0 saturated carbocycles. The van der Waals surface area contributed by atoms with Crippen LogP contribution in [0.3, 0.4) is 0 Å². The molecule has 1 aromatic carbocycles. The predicted molar refractivity (Wildman–Crippen MR) is 79.9 cm³/mol. The maximum atomic E-state index is 9.85. The lowest BCUT2D eigenvalue weighted by molar-refractivity contribution is 0.0820. The number of β-amino-alcohol motifs (C(OH)–C–C–N with tert-alkyl or cyclic N) is 1. The molecule has 0 unspecified atom stereocenters. The lowest BCUT2D eigenvalue weighted by Gasteiger charge is -2.28. The Morgan fingerprint density at radius 1 is 1.42 bits per heavy atom. The zero-order valence-corrected chi connectivity index (χ0v) is 11.6. The molecular weight excluding hydrogens is 236 g/mol. The summed E-state index contributed by atoms with van der Waals surface area (Å²) in [7, 11) is 0. The molecule has 19 heavy (non-hydrogen) atoms. The molecule has 0 spiro atoms. The molecule has 1 aliphatic heterocycles. The summed E-state index contributed by atoms with van der Waals surface area (Å²) >= 11 is 0. The van der Waals surface area contributed by atoms with Crippen molar-refractivity contribution in [2.45, 2.75) is 19.4 Å². The molecule has 0 bridgehead atoms. The maximum absolute atomic E-state index is 9.85. The summed E-state index contributed by atoms with van der Waals surface area (Å²) in [6.07, 6.45) is 3.04. The Labute approximate surface area is 115 Å². The number of hydrogen-bond donors (Lipinski definition) is 3. The Balaban J connectivity index is 1.74. The lowest BCUT2D eigenvalue weighted by atomic mass is 9.95. The highest BCUT2D eigenvalue weighted by atomic mass is 16.3. The molecule has 0 aromatic heterocycles. The van der Waals surface area contributed by atoms with Gasteiger partial charge in [0.15, 0.2) is 0 Å². The third-order valence-electron chi connectivity index (χ3n) is 3.61. The first-order valence-corrected chi connectivity index (χ1v) is 7.07. The van der Waals surface area contributed by atoms with Crippen molar-refractivity contribution in [1.82, 2.24) is 10.6 Å². The first-order chi connectivity index (χ1) is 9.25. The van der Waals surface area contributed by atoms with Crippen LogP contribution in [0.25, 0.3) is 6.08 Å². The smallest absolute Gasteiger partial charge is 0.0705 e. The number of aliphatic hydroxyl groups is 1. The normalized spacial score (nSPS) is 24.4. The second kappa shape index (κ2) is 7.43. The van der Waals surface area contributed by atoms with Crippen LogP contribution in [0.15, 0.2) is 35.9 Å². The highest BCUT2D eigenvalue weighted by molar-refractivity contribution is 5.52. The topological polar surface area (TPSA) is 44.3 Å². The molecule has 0 radical (unpaired) electrons. The molecule has 0 amide bonds. The van der Waals surface area contributed by atoms with E-state index in [9.17, 15) is 5.11 Å². The van der Waals surface area contributed by atoms with E-state index in [0.29, 0.717) is 5.92 Å². The Bertz CT molecular complexity index is 402. The summed E-state index contributed by atoms with van der Waals surface area (Å²) in [5, 5.41) is 16.5. The van der Waals surface area contributed by atoms with E-state index in [4.69, 9.17) is 0 Å². The minimum absolute atomic E-state index is 0.209. The van der Waals surface area contributed by atoms with Crippen molar-refractivity contribution in [2.75, 3.05) is 26.2 Å². The molecule has 1 fully saturated rings. The standard InChI is InChI=1S/C16H24N2O/c1-13(9-14-5-3-2-4-6-14)10-18-11-15-7-8-17-12-16(15)19/h2-6,9,15-19H,7-8,10-12H2,1H3/t15-,16+/m0/s1. The largest absolute Gasteiger partial charge is 0.391 e. The number of piperidine rings is 1. The van der Waals surface area contributed by atoms with Gasteiger partial charge in [0, 0.05) is 19.6 Å². The monoisotopic (exact) mass is 260 g/mol. The predicted octanol–water partition coefficient (Wildman–Crippen LogP) is 1.65. The summed E-state index contributed by atoms with van der Waals surface area (Å²) in [6, 6.07) is 10.4. The van der Waals surface area contributed by atoms with Crippen LogP contribution in [-0.4, -0.2) is 37.4 Å². The molecule has 3 heteroatoms. The highest BCUT2D eigenvalue weighted by Gasteiger charge is 2.21. The fourth-order valence-electron chi connectivity index (χ4n) is 2.47. The summed E-state index contributed by atoms with van der Waals surface area (Å²) in [5.74, 6) is 0.380. The van der Waals surface area contributed by atoms with Crippen LogP contribution < -0.4 is 10.6 Å². The highest BCUT2D eigenvalue weighted by Crippen LogP contribution is 2.11. The first-order valence-electron chi connectivity index (χ1n) is 7.07. The SMILES string of the molecule is CC(=Cc1ccccc1)CNC[C@@H]1CCNC[C@H]1O. The zero-order chi connectivity index (χ0) is 13.5. The quantitative estimate of drug-likeness (QED) is 0.754. The van der Waals surface area contributed by atoms with Crippen molar-refractivity contribution < 1.29 is 5.11 Å². The van der Waals surface area contributed by atoms with Gasteiger partial charge in [0.05, 0.1) is 6.10 Å². The second-order valence-corrected chi connectivity index (χ2v) is 5.35. The van der Waals surface area contributed by atoms with Crippen LogP contribution in [0, 0.1) is 5.92 Å². The van der Waals surface area contributed by atoms with Crippen molar-refractivity contribution in [3.05, 3.63) is 41.5 Å². The number of rotatable bonds is 5. The Hall–Kier alpha value is -1.16. The molecule has 3 N–H and O–H groups in total. The van der Waals surface area contributed by atoms with E-state index in [1.54, 1.807) is 0 Å². The fraction of sp³-hybridized carbons (Fsp3) is 0.500. The van der Waals surface area contributed by atoms with Gasteiger partial charge in [0.25, 0.3) is 0 Å². The van der Waals surface area contributed by atoms with Crippen LogP contribution in [0.4, 0.5) is 0 Å². The van der Waals surface area contributed by atoms with Gasteiger partial charge in [0.2, 0.25) is 0 Å². The number of hydrogen-bond acceptors (Lipinski definition) is 3. The van der Waals surface area contributed by atoms with Crippen molar-refractivity contribution in [2.24, 2.45) is 5.92 Å². The summed E-state index contributed by atoms with van der Waals surface area (Å²) in [5.41, 5.74) is 2.55. The van der Waals surface area contributed by atoms with Crippen molar-refractivity contribution in [1.29, 1.82) is 0 Å². The molecule has 104 valence electrons. The molecule has 1 aromatic rings. The van der Waals surface area contributed by atoms with E-state index in [1.807, 2.05) is 6.07 Å². The molecule has 3 nitrogen and oxygen atoms in total. The van der Waals surface area contributed by atoms with Crippen molar-refractivity contribution in [3.8, 4) is 0 Å². The van der Waals surface area contributed by atoms with Gasteiger partial charge in [-0.1, -0.05) is 42.0 Å². The van der Waals surface area contributed by atoms with Gasteiger partial charge >= 0.3 is 0 Å². The maximum Gasteiger partial charge on any atom is 0.0705 e. The van der Waals surface area contributed by atoms with E-state index in [2.05, 4.69) is 47.9 Å². The molecule has 0 aliphatic carbocycles. The van der Waals surface area contributed by atoms with E-state index in [-0.39, 0.29) is 6.10 Å². The second-order valence-electron chi connectivity index (χ2n) is 5.35. The fourth-order valence-corrected chi connectivity index (χ4v) is 2.47. The number of benzene rings is 1. The van der Waals surface area contributed by atoms with Crippen LogP contribution in [0.2, 0.25) is 0 Å². The van der Waals surface area contributed by atoms with Gasteiger partial charge < -0.3 is 15.7 Å². The molecule has 2 rings (SSSR count). The van der Waals surface area contributed by atoms with E-state index >= 15 is 0 Å². The minimum atomic E-state index is -0.209. The average Bonchev–Trinajstić information content (AvgIpc) is 2.42. The van der Waals surface area contributed by atoms with E-state index in [1.165, 1.54) is 11.1 Å². The first kappa shape index (κ1) is 14.3. The van der Waals surface area contributed by atoms with Gasteiger partial charge in [-0.2, -0.15) is 0 Å². The summed E-state index contributed by atoms with van der Waals surface area (Å²) in [4.78, 5) is 0. The van der Waals surface area contributed by atoms with Gasteiger partial charge in [-0.25, -0.2) is 0 Å². The van der Waals surface area contributed by atoms with Gasteiger partial charge in [-0.3, -0.25) is 0 Å². The van der Waals surface area contributed by atoms with Gasteiger partial charge in [-0.15, -0.1) is 0 Å². The zero-order valence-electron chi connectivity index (χ0n) is 11.6. The van der Waals surface area contributed by atoms with Gasteiger partial charge in [-0.05, 0) is 31.4 Å². The van der Waals surface area contributed by atoms with E-state index < -0.39 is 0 Å². The third kappa shape index (κ3) is 4.78. The Morgan fingerprint density at radius 2 is 2.21 bits per heavy atom. The van der Waals surface area contributed by atoms with Crippen molar-refractivity contribution >= 4 is 6.08 Å². The molecule has 1 aliphatic rings. The molecule has 1 heterocycles. The Morgan fingerprint density at radius 3 is 2.95 bits per heavy atom.